The van der Waals surface area contributed by atoms with Crippen molar-refractivity contribution in [2.24, 2.45) is 0 Å². The summed E-state index contributed by atoms with van der Waals surface area (Å²) in [5.74, 6) is -1.06. The summed E-state index contributed by atoms with van der Waals surface area (Å²) < 4.78 is 2.34. The summed E-state index contributed by atoms with van der Waals surface area (Å²) in [7, 11) is 0. The summed E-state index contributed by atoms with van der Waals surface area (Å²) in [6.07, 6.45) is 1.31. The second kappa shape index (κ2) is 6.35. The van der Waals surface area contributed by atoms with E-state index >= 15 is 0 Å². The van der Waals surface area contributed by atoms with Crippen molar-refractivity contribution in [1.82, 2.24) is 9.78 Å². The lowest BCUT2D eigenvalue weighted by Gasteiger charge is -2.11. The fourth-order valence-electron chi connectivity index (χ4n) is 2.25. The van der Waals surface area contributed by atoms with Gasteiger partial charge in [-0.05, 0) is 30.3 Å². The van der Waals surface area contributed by atoms with Crippen LogP contribution in [0.5, 0.6) is 0 Å². The van der Waals surface area contributed by atoms with Crippen molar-refractivity contribution in [2.45, 2.75) is 0 Å². The third-order valence-electron chi connectivity index (χ3n) is 3.24. The number of hydrogen-bond donors (Lipinski definition) is 1. The monoisotopic (exact) mass is 410 g/mol. The van der Waals surface area contributed by atoms with Gasteiger partial charge in [0.2, 0.25) is 0 Å². The van der Waals surface area contributed by atoms with Crippen molar-refractivity contribution in [3.8, 4) is 16.9 Å². The first-order valence-corrected chi connectivity index (χ1v) is 8.05. The normalized spacial score (nSPS) is 10.7. The van der Waals surface area contributed by atoms with Crippen LogP contribution in [0.25, 0.3) is 16.9 Å². The Morgan fingerprint density at radius 3 is 2.61 bits per heavy atom. The maximum absolute atomic E-state index is 11.5. The summed E-state index contributed by atoms with van der Waals surface area (Å²) in [5.41, 5.74) is 1.80. The molecule has 0 saturated heterocycles. The summed E-state index contributed by atoms with van der Waals surface area (Å²) in [5, 5.41) is 14.5. The van der Waals surface area contributed by atoms with Crippen LogP contribution in [-0.4, -0.2) is 20.9 Å². The summed E-state index contributed by atoms with van der Waals surface area (Å²) >= 11 is 15.6. The molecule has 0 fully saturated rings. The fraction of sp³-hybridized carbons (Fsp3) is 0. The molecule has 4 nitrogen and oxygen atoms in total. The van der Waals surface area contributed by atoms with Gasteiger partial charge in [0.1, 0.15) is 5.56 Å². The van der Waals surface area contributed by atoms with E-state index in [9.17, 15) is 9.90 Å². The number of aromatic nitrogens is 2. The first-order chi connectivity index (χ1) is 11.0. The van der Waals surface area contributed by atoms with Crippen molar-refractivity contribution in [3.05, 3.63) is 68.7 Å². The molecule has 0 atom stereocenters. The smallest absolute Gasteiger partial charge is 0.339 e. The minimum absolute atomic E-state index is 0.0918. The van der Waals surface area contributed by atoms with E-state index in [0.29, 0.717) is 27.0 Å². The lowest BCUT2D eigenvalue weighted by Crippen LogP contribution is -2.03. The quantitative estimate of drug-likeness (QED) is 0.635. The Bertz CT molecular complexity index is 909. The predicted octanol–water partition coefficient (Wildman–Crippen LogP) is 5.31. The van der Waals surface area contributed by atoms with Gasteiger partial charge < -0.3 is 5.11 Å². The Balaban J connectivity index is 2.28. The molecule has 0 saturated carbocycles. The van der Waals surface area contributed by atoms with E-state index in [2.05, 4.69) is 21.0 Å². The number of carboxylic acid groups (broad SMARTS) is 1. The Labute approximate surface area is 150 Å². The van der Waals surface area contributed by atoms with Gasteiger partial charge in [0.15, 0.2) is 0 Å². The zero-order chi connectivity index (χ0) is 16.6. The van der Waals surface area contributed by atoms with Crippen molar-refractivity contribution in [1.29, 1.82) is 0 Å². The van der Waals surface area contributed by atoms with Crippen LogP contribution >= 0.6 is 39.1 Å². The Kier molecular flexibility index (Phi) is 4.43. The molecule has 0 bridgehead atoms. The molecule has 0 amide bonds. The number of halogens is 3. The van der Waals surface area contributed by atoms with Gasteiger partial charge >= 0.3 is 5.97 Å². The number of nitrogens with zero attached hydrogens (tertiary/aromatic N) is 2. The second-order valence-corrected chi connectivity index (χ2v) is 6.49. The lowest BCUT2D eigenvalue weighted by atomic mass is 10.1. The number of rotatable bonds is 3. The van der Waals surface area contributed by atoms with E-state index in [0.717, 1.165) is 4.47 Å². The van der Waals surface area contributed by atoms with Crippen LogP contribution in [0.4, 0.5) is 0 Å². The molecule has 7 heteroatoms. The van der Waals surface area contributed by atoms with Crippen molar-refractivity contribution in [2.75, 3.05) is 0 Å². The highest BCUT2D eigenvalue weighted by Gasteiger charge is 2.20. The summed E-state index contributed by atoms with van der Waals surface area (Å²) in [6, 6.07) is 12.3. The number of carboxylic acids is 1. The van der Waals surface area contributed by atoms with Gasteiger partial charge in [-0.3, -0.25) is 0 Å². The molecule has 0 aliphatic carbocycles. The number of hydrogen-bond acceptors (Lipinski definition) is 2. The van der Waals surface area contributed by atoms with Gasteiger partial charge in [0, 0.05) is 15.1 Å². The Morgan fingerprint density at radius 2 is 1.96 bits per heavy atom. The first-order valence-electron chi connectivity index (χ1n) is 6.50. The molecule has 116 valence electrons. The molecular weight excluding hydrogens is 403 g/mol. The van der Waals surface area contributed by atoms with Crippen molar-refractivity contribution < 1.29 is 9.90 Å². The topological polar surface area (TPSA) is 55.1 Å². The van der Waals surface area contributed by atoms with Gasteiger partial charge in [0.25, 0.3) is 0 Å². The van der Waals surface area contributed by atoms with Gasteiger partial charge in [-0.1, -0.05) is 51.3 Å². The van der Waals surface area contributed by atoms with Gasteiger partial charge in [-0.15, -0.1) is 0 Å². The van der Waals surface area contributed by atoms with Crippen LogP contribution in [0.1, 0.15) is 10.4 Å². The van der Waals surface area contributed by atoms with Gasteiger partial charge in [0.05, 0.1) is 22.6 Å². The summed E-state index contributed by atoms with van der Waals surface area (Å²) in [6.45, 7) is 0. The third-order valence-corrected chi connectivity index (χ3v) is 4.27. The maximum Gasteiger partial charge on any atom is 0.339 e. The molecule has 0 unspecified atom stereocenters. The molecule has 0 aliphatic heterocycles. The van der Waals surface area contributed by atoms with E-state index in [1.54, 1.807) is 18.2 Å². The van der Waals surface area contributed by atoms with Gasteiger partial charge in [-0.25, -0.2) is 9.48 Å². The van der Waals surface area contributed by atoms with Crippen molar-refractivity contribution in [3.63, 3.8) is 0 Å². The highest BCUT2D eigenvalue weighted by molar-refractivity contribution is 9.10. The lowest BCUT2D eigenvalue weighted by molar-refractivity contribution is 0.0697. The second-order valence-electron chi connectivity index (χ2n) is 4.73. The first kappa shape index (κ1) is 16.1. The molecule has 3 rings (SSSR count). The van der Waals surface area contributed by atoms with E-state index in [1.807, 2.05) is 24.3 Å². The molecule has 1 N–H and O–H groups in total. The number of aromatic carboxylic acids is 1. The Hall–Kier alpha value is -1.82. The van der Waals surface area contributed by atoms with Crippen LogP contribution in [-0.2, 0) is 0 Å². The van der Waals surface area contributed by atoms with Gasteiger partial charge in [-0.2, -0.15) is 5.10 Å². The third kappa shape index (κ3) is 3.13. The molecule has 3 aromatic rings. The molecule has 0 spiro atoms. The SMILES string of the molecule is O=C(O)c1cnn(-c2ccc(Cl)cc2Cl)c1-c1cccc(Br)c1. The minimum Gasteiger partial charge on any atom is -0.478 e. The number of carbonyl (C=O) groups is 1. The predicted molar refractivity (Wildman–Crippen MR) is 93.7 cm³/mol. The average Bonchev–Trinajstić information content (AvgIpc) is 2.92. The molecule has 1 aromatic heterocycles. The van der Waals surface area contributed by atoms with E-state index in [-0.39, 0.29) is 5.56 Å². The fourth-order valence-corrected chi connectivity index (χ4v) is 3.14. The van der Waals surface area contributed by atoms with E-state index in [4.69, 9.17) is 23.2 Å². The molecule has 1 heterocycles. The van der Waals surface area contributed by atoms with E-state index < -0.39 is 5.97 Å². The zero-order valence-electron chi connectivity index (χ0n) is 11.5. The van der Waals surface area contributed by atoms with Crippen molar-refractivity contribution >= 4 is 45.1 Å². The van der Waals surface area contributed by atoms with Crippen LogP contribution in [0.15, 0.2) is 53.1 Å². The molecule has 23 heavy (non-hydrogen) atoms. The van der Waals surface area contributed by atoms with Crippen LogP contribution in [0.3, 0.4) is 0 Å². The Morgan fingerprint density at radius 1 is 1.17 bits per heavy atom. The van der Waals surface area contributed by atoms with Crippen LogP contribution in [0, 0.1) is 0 Å². The highest BCUT2D eigenvalue weighted by Crippen LogP contribution is 2.32. The maximum atomic E-state index is 11.5. The molecule has 0 radical (unpaired) electrons. The van der Waals surface area contributed by atoms with Crippen LogP contribution in [0.2, 0.25) is 10.0 Å². The standard InChI is InChI=1S/C16H9BrCl2N2O2/c17-10-3-1-2-9(6-10)15-12(16(22)23)8-20-21(15)14-5-4-11(18)7-13(14)19/h1-8H,(H,22,23). The number of benzene rings is 2. The highest BCUT2D eigenvalue weighted by atomic mass is 79.9. The molecule has 2 aromatic carbocycles. The minimum atomic E-state index is -1.06. The largest absolute Gasteiger partial charge is 0.478 e. The summed E-state index contributed by atoms with van der Waals surface area (Å²) in [4.78, 5) is 11.5. The van der Waals surface area contributed by atoms with Crippen LogP contribution < -0.4 is 0 Å². The molecular formula is C16H9BrCl2N2O2. The van der Waals surface area contributed by atoms with E-state index in [1.165, 1.54) is 10.9 Å². The zero-order valence-corrected chi connectivity index (χ0v) is 14.6. The average molecular weight is 412 g/mol. The molecule has 0 aliphatic rings.